The van der Waals surface area contributed by atoms with E-state index in [9.17, 15) is 0 Å². The predicted octanol–water partition coefficient (Wildman–Crippen LogP) is 1.86. The van der Waals surface area contributed by atoms with E-state index in [2.05, 4.69) is 4.98 Å². The van der Waals surface area contributed by atoms with Crippen molar-refractivity contribution >= 4 is 6.08 Å². The standard InChI is InChI=1S/C8H9NO/c10-7-1-2-8-6(5-7)3-4-9-8/h3-5,9-10H,1-2H2. The third-order valence-corrected chi connectivity index (χ3v) is 1.82. The first-order valence-corrected chi connectivity index (χ1v) is 3.42. The van der Waals surface area contributed by atoms with Crippen molar-refractivity contribution in [3.05, 3.63) is 29.3 Å². The summed E-state index contributed by atoms with van der Waals surface area (Å²) in [5.41, 5.74) is 2.36. The first-order valence-electron chi connectivity index (χ1n) is 3.42. The van der Waals surface area contributed by atoms with Gasteiger partial charge < -0.3 is 10.1 Å². The lowest BCUT2D eigenvalue weighted by molar-refractivity contribution is 0.391. The highest BCUT2D eigenvalue weighted by Crippen LogP contribution is 2.20. The molecule has 1 aromatic rings. The summed E-state index contributed by atoms with van der Waals surface area (Å²) < 4.78 is 0. The Bertz CT molecular complexity index is 273. The van der Waals surface area contributed by atoms with Gasteiger partial charge in [0.1, 0.15) is 0 Å². The van der Waals surface area contributed by atoms with Crippen LogP contribution in [-0.2, 0) is 6.42 Å². The zero-order valence-corrected chi connectivity index (χ0v) is 5.59. The fourth-order valence-corrected chi connectivity index (χ4v) is 1.27. The van der Waals surface area contributed by atoms with Gasteiger partial charge in [0.2, 0.25) is 0 Å². The van der Waals surface area contributed by atoms with Gasteiger partial charge in [0, 0.05) is 18.3 Å². The van der Waals surface area contributed by atoms with Crippen LogP contribution in [0.4, 0.5) is 0 Å². The summed E-state index contributed by atoms with van der Waals surface area (Å²) in [5.74, 6) is 0.493. The molecule has 1 aliphatic rings. The highest BCUT2D eigenvalue weighted by Gasteiger charge is 2.08. The van der Waals surface area contributed by atoms with Gasteiger partial charge in [-0.25, -0.2) is 0 Å². The summed E-state index contributed by atoms with van der Waals surface area (Å²) in [6, 6.07) is 1.98. The van der Waals surface area contributed by atoms with E-state index < -0.39 is 0 Å². The van der Waals surface area contributed by atoms with Gasteiger partial charge in [-0.3, -0.25) is 0 Å². The molecule has 0 amide bonds. The van der Waals surface area contributed by atoms with Crippen molar-refractivity contribution in [2.24, 2.45) is 0 Å². The number of fused-ring (bicyclic) bond motifs is 1. The Balaban J connectivity index is 2.50. The van der Waals surface area contributed by atoms with Crippen molar-refractivity contribution < 1.29 is 5.11 Å². The maximum absolute atomic E-state index is 9.12. The van der Waals surface area contributed by atoms with Crippen molar-refractivity contribution in [1.82, 2.24) is 4.98 Å². The number of aromatic amines is 1. The van der Waals surface area contributed by atoms with E-state index >= 15 is 0 Å². The summed E-state index contributed by atoms with van der Waals surface area (Å²) in [6.07, 6.45) is 5.42. The van der Waals surface area contributed by atoms with Crippen LogP contribution in [0.5, 0.6) is 0 Å². The predicted molar refractivity (Wildman–Crippen MR) is 39.7 cm³/mol. The lowest BCUT2D eigenvalue weighted by Gasteiger charge is -2.06. The van der Waals surface area contributed by atoms with E-state index in [1.165, 1.54) is 5.69 Å². The largest absolute Gasteiger partial charge is 0.512 e. The third kappa shape index (κ3) is 0.727. The molecule has 0 atom stereocenters. The highest BCUT2D eigenvalue weighted by atomic mass is 16.3. The number of H-pyrrole nitrogens is 1. The van der Waals surface area contributed by atoms with Crippen molar-refractivity contribution in [1.29, 1.82) is 0 Å². The number of rotatable bonds is 0. The average Bonchev–Trinajstić information content (AvgIpc) is 2.33. The van der Waals surface area contributed by atoms with Crippen LogP contribution in [0.25, 0.3) is 6.08 Å². The Morgan fingerprint density at radius 1 is 1.40 bits per heavy atom. The molecule has 2 heteroatoms. The Hall–Kier alpha value is -1.18. The normalized spacial score (nSPS) is 16.2. The number of hydrogen-bond donors (Lipinski definition) is 2. The van der Waals surface area contributed by atoms with Crippen LogP contribution in [0.1, 0.15) is 17.7 Å². The summed E-state index contributed by atoms with van der Waals surface area (Å²) >= 11 is 0. The molecule has 0 aromatic carbocycles. The molecule has 0 aliphatic heterocycles. The maximum atomic E-state index is 9.12. The molecule has 0 fully saturated rings. The Kier molecular flexibility index (Phi) is 1.07. The molecule has 0 radical (unpaired) electrons. The zero-order chi connectivity index (χ0) is 6.97. The van der Waals surface area contributed by atoms with Gasteiger partial charge in [0.05, 0.1) is 5.76 Å². The third-order valence-electron chi connectivity index (χ3n) is 1.82. The molecule has 1 heterocycles. The molecule has 0 spiro atoms. The molecular formula is C8H9NO. The van der Waals surface area contributed by atoms with Crippen LogP contribution in [0.3, 0.4) is 0 Å². The number of nitrogens with one attached hydrogen (secondary N) is 1. The molecule has 1 aliphatic carbocycles. The van der Waals surface area contributed by atoms with E-state index in [-0.39, 0.29) is 0 Å². The van der Waals surface area contributed by atoms with Gasteiger partial charge in [0.15, 0.2) is 0 Å². The monoisotopic (exact) mass is 135 g/mol. The topological polar surface area (TPSA) is 36.0 Å². The van der Waals surface area contributed by atoms with Gasteiger partial charge in [-0.2, -0.15) is 0 Å². The van der Waals surface area contributed by atoms with Crippen LogP contribution < -0.4 is 0 Å². The first-order chi connectivity index (χ1) is 4.86. The van der Waals surface area contributed by atoms with Crippen molar-refractivity contribution in [3.8, 4) is 0 Å². The molecule has 2 rings (SSSR count). The quantitative estimate of drug-likeness (QED) is 0.559. The van der Waals surface area contributed by atoms with E-state index in [1.807, 2.05) is 18.3 Å². The minimum absolute atomic E-state index is 0.493. The number of aliphatic hydroxyl groups is 1. The van der Waals surface area contributed by atoms with Crippen LogP contribution in [-0.4, -0.2) is 10.1 Å². The second-order valence-electron chi connectivity index (χ2n) is 2.55. The molecule has 0 unspecified atom stereocenters. The number of allylic oxidation sites excluding steroid dienone is 1. The molecule has 2 N–H and O–H groups in total. The molecule has 0 bridgehead atoms. The van der Waals surface area contributed by atoms with Crippen molar-refractivity contribution in [2.75, 3.05) is 0 Å². The number of aryl methyl sites for hydroxylation is 1. The molecule has 1 aromatic heterocycles. The molecule has 10 heavy (non-hydrogen) atoms. The number of aliphatic hydroxyl groups excluding tert-OH is 1. The molecule has 2 nitrogen and oxygen atoms in total. The number of hydrogen-bond acceptors (Lipinski definition) is 1. The van der Waals surface area contributed by atoms with E-state index in [4.69, 9.17) is 5.11 Å². The summed E-state index contributed by atoms with van der Waals surface area (Å²) in [6.45, 7) is 0. The van der Waals surface area contributed by atoms with Crippen molar-refractivity contribution in [2.45, 2.75) is 12.8 Å². The Morgan fingerprint density at radius 3 is 3.20 bits per heavy atom. The molecule has 0 saturated heterocycles. The van der Waals surface area contributed by atoms with Gasteiger partial charge in [-0.15, -0.1) is 0 Å². The Morgan fingerprint density at radius 2 is 2.30 bits per heavy atom. The lowest BCUT2D eigenvalue weighted by atomic mass is 10.0. The molecule has 52 valence electrons. The smallest absolute Gasteiger partial charge is 0.0933 e. The summed E-state index contributed by atoms with van der Waals surface area (Å²) in [5, 5.41) is 9.12. The second-order valence-corrected chi connectivity index (χ2v) is 2.55. The van der Waals surface area contributed by atoms with E-state index in [0.717, 1.165) is 18.4 Å². The van der Waals surface area contributed by atoms with Gasteiger partial charge in [0.25, 0.3) is 0 Å². The summed E-state index contributed by atoms with van der Waals surface area (Å²) in [7, 11) is 0. The van der Waals surface area contributed by atoms with Crippen LogP contribution in [0.2, 0.25) is 0 Å². The van der Waals surface area contributed by atoms with Gasteiger partial charge >= 0.3 is 0 Å². The maximum Gasteiger partial charge on any atom is 0.0933 e. The second kappa shape index (κ2) is 1.90. The Labute approximate surface area is 59.2 Å². The van der Waals surface area contributed by atoms with Crippen LogP contribution in [0, 0.1) is 0 Å². The van der Waals surface area contributed by atoms with Crippen LogP contribution in [0.15, 0.2) is 18.0 Å². The molecular weight excluding hydrogens is 126 g/mol. The first kappa shape index (κ1) is 5.59. The van der Waals surface area contributed by atoms with Crippen molar-refractivity contribution in [3.63, 3.8) is 0 Å². The average molecular weight is 135 g/mol. The summed E-state index contributed by atoms with van der Waals surface area (Å²) in [4.78, 5) is 3.12. The van der Waals surface area contributed by atoms with Gasteiger partial charge in [-0.05, 0) is 24.1 Å². The minimum Gasteiger partial charge on any atom is -0.512 e. The van der Waals surface area contributed by atoms with Crippen LogP contribution >= 0.6 is 0 Å². The lowest BCUT2D eigenvalue weighted by Crippen LogP contribution is -1.96. The SMILES string of the molecule is OC1=Cc2cc[nH]c2CC1. The highest BCUT2D eigenvalue weighted by molar-refractivity contribution is 5.56. The van der Waals surface area contributed by atoms with E-state index in [0.29, 0.717) is 5.76 Å². The van der Waals surface area contributed by atoms with Gasteiger partial charge in [-0.1, -0.05) is 0 Å². The molecule has 0 saturated carbocycles. The minimum atomic E-state index is 0.493. The fraction of sp³-hybridized carbons (Fsp3) is 0.250. The number of aromatic nitrogens is 1. The fourth-order valence-electron chi connectivity index (χ4n) is 1.27. The van der Waals surface area contributed by atoms with E-state index in [1.54, 1.807) is 0 Å². The zero-order valence-electron chi connectivity index (χ0n) is 5.59.